The third-order valence-electron chi connectivity index (χ3n) is 2.05. The predicted molar refractivity (Wildman–Crippen MR) is 54.2 cm³/mol. The molecule has 0 heterocycles. The van der Waals surface area contributed by atoms with Crippen LogP contribution in [0.3, 0.4) is 0 Å². The number of hydrogen-bond acceptors (Lipinski definition) is 4. The van der Waals surface area contributed by atoms with Crippen LogP contribution in [0.5, 0.6) is 0 Å². The fourth-order valence-corrected chi connectivity index (χ4v) is 1.20. The van der Waals surface area contributed by atoms with Gasteiger partial charge < -0.3 is 15.6 Å². The van der Waals surface area contributed by atoms with Gasteiger partial charge in [0.05, 0.1) is 6.61 Å². The second kappa shape index (κ2) is 7.73. The lowest BCUT2D eigenvalue weighted by molar-refractivity contribution is -0.143. The smallest absolute Gasteiger partial charge is 0.320 e. The Balaban J connectivity index is 3.88. The predicted octanol–water partition coefficient (Wildman–Crippen LogP) is -0.243. The summed E-state index contributed by atoms with van der Waals surface area (Å²) in [5, 5.41) is 8.89. The van der Waals surface area contributed by atoms with Crippen LogP contribution in [0.4, 0.5) is 0 Å². The molecule has 1 unspecified atom stereocenters. The molecule has 0 aromatic heterocycles. The first-order chi connectivity index (χ1) is 6.63. The molecule has 1 atom stereocenters. The molecule has 84 valence electrons. The Labute approximate surface area is 84.8 Å². The minimum atomic E-state index is -0.825. The minimum absolute atomic E-state index is 0.385. The lowest BCUT2D eigenvalue weighted by Crippen LogP contribution is -2.41. The van der Waals surface area contributed by atoms with E-state index in [9.17, 15) is 4.79 Å². The van der Waals surface area contributed by atoms with Gasteiger partial charge in [0.2, 0.25) is 0 Å². The molecule has 3 N–H and O–H groups in total. The molecule has 0 radical (unpaired) electrons. The van der Waals surface area contributed by atoms with E-state index < -0.39 is 12.0 Å². The standard InChI is InChI=1S/C9H20N2O3/c1-3-14-7-6-11(2)8(4-5-10)9(12)13/h8H,3-7,10H2,1-2H3,(H,12,13). The van der Waals surface area contributed by atoms with Crippen molar-refractivity contribution < 1.29 is 14.6 Å². The van der Waals surface area contributed by atoms with Gasteiger partial charge in [0.15, 0.2) is 0 Å². The molecule has 5 nitrogen and oxygen atoms in total. The van der Waals surface area contributed by atoms with Gasteiger partial charge in [0.1, 0.15) is 6.04 Å². The topological polar surface area (TPSA) is 75.8 Å². The first-order valence-electron chi connectivity index (χ1n) is 4.84. The summed E-state index contributed by atoms with van der Waals surface area (Å²) < 4.78 is 5.15. The molecule has 0 spiro atoms. The van der Waals surface area contributed by atoms with Crippen LogP contribution < -0.4 is 5.73 Å². The Morgan fingerprint density at radius 3 is 2.71 bits per heavy atom. The van der Waals surface area contributed by atoms with E-state index in [1.54, 1.807) is 11.9 Å². The number of carboxylic acid groups (broad SMARTS) is 1. The quantitative estimate of drug-likeness (QED) is 0.533. The number of nitrogens with zero attached hydrogens (tertiary/aromatic N) is 1. The summed E-state index contributed by atoms with van der Waals surface area (Å²) in [6.45, 7) is 4.12. The van der Waals surface area contributed by atoms with Gasteiger partial charge in [-0.2, -0.15) is 0 Å². The van der Waals surface area contributed by atoms with Crippen molar-refractivity contribution in [3.63, 3.8) is 0 Å². The van der Waals surface area contributed by atoms with Gasteiger partial charge in [-0.05, 0) is 26.9 Å². The highest BCUT2D eigenvalue weighted by Gasteiger charge is 2.20. The average Bonchev–Trinajstić information content (AvgIpc) is 2.13. The monoisotopic (exact) mass is 204 g/mol. The molecule has 0 fully saturated rings. The van der Waals surface area contributed by atoms with E-state index in [1.165, 1.54) is 0 Å². The molecule has 14 heavy (non-hydrogen) atoms. The van der Waals surface area contributed by atoms with E-state index in [1.807, 2.05) is 6.92 Å². The van der Waals surface area contributed by atoms with Crippen LogP contribution in [0.15, 0.2) is 0 Å². The molecule has 0 saturated heterocycles. The number of carboxylic acids is 1. The van der Waals surface area contributed by atoms with E-state index in [0.29, 0.717) is 32.7 Å². The van der Waals surface area contributed by atoms with Crippen molar-refractivity contribution in [2.75, 3.05) is 33.4 Å². The Morgan fingerprint density at radius 1 is 1.64 bits per heavy atom. The van der Waals surface area contributed by atoms with Crippen molar-refractivity contribution in [3.05, 3.63) is 0 Å². The molecule has 0 rings (SSSR count). The second-order valence-corrected chi connectivity index (χ2v) is 3.11. The Morgan fingerprint density at radius 2 is 2.29 bits per heavy atom. The summed E-state index contributed by atoms with van der Waals surface area (Å²) in [4.78, 5) is 12.6. The van der Waals surface area contributed by atoms with Crippen molar-refractivity contribution >= 4 is 5.97 Å². The normalized spacial score (nSPS) is 13.1. The highest BCUT2D eigenvalue weighted by Crippen LogP contribution is 2.00. The van der Waals surface area contributed by atoms with Gasteiger partial charge in [-0.3, -0.25) is 9.69 Å². The van der Waals surface area contributed by atoms with Crippen LogP contribution in [0.25, 0.3) is 0 Å². The largest absolute Gasteiger partial charge is 0.480 e. The summed E-state index contributed by atoms with van der Waals surface area (Å²) in [6, 6.07) is -0.500. The Bertz CT molecular complexity index is 164. The van der Waals surface area contributed by atoms with Crippen LogP contribution in [-0.2, 0) is 9.53 Å². The van der Waals surface area contributed by atoms with E-state index >= 15 is 0 Å². The SMILES string of the molecule is CCOCCN(C)C(CCN)C(=O)O. The highest BCUT2D eigenvalue weighted by molar-refractivity contribution is 5.73. The van der Waals surface area contributed by atoms with Crippen LogP contribution in [-0.4, -0.2) is 55.4 Å². The van der Waals surface area contributed by atoms with Gasteiger partial charge in [-0.1, -0.05) is 0 Å². The number of ether oxygens (including phenoxy) is 1. The van der Waals surface area contributed by atoms with Crippen molar-refractivity contribution in [1.82, 2.24) is 4.90 Å². The molecule has 0 bridgehead atoms. The van der Waals surface area contributed by atoms with Crippen molar-refractivity contribution in [3.8, 4) is 0 Å². The van der Waals surface area contributed by atoms with Gasteiger partial charge in [-0.25, -0.2) is 0 Å². The fourth-order valence-electron chi connectivity index (χ4n) is 1.20. The summed E-state index contributed by atoms with van der Waals surface area (Å²) in [6.07, 6.45) is 0.470. The van der Waals surface area contributed by atoms with Gasteiger partial charge >= 0.3 is 5.97 Å². The molecule has 0 aromatic rings. The summed E-state index contributed by atoms with van der Waals surface area (Å²) >= 11 is 0. The Kier molecular flexibility index (Phi) is 7.37. The first kappa shape index (κ1) is 13.4. The zero-order chi connectivity index (χ0) is 11.0. The number of rotatable bonds is 8. The third-order valence-corrected chi connectivity index (χ3v) is 2.05. The molecule has 0 aliphatic heterocycles. The van der Waals surface area contributed by atoms with E-state index in [4.69, 9.17) is 15.6 Å². The highest BCUT2D eigenvalue weighted by atomic mass is 16.5. The number of hydrogen-bond donors (Lipinski definition) is 2. The molecule has 0 saturated carbocycles. The summed E-state index contributed by atoms with van der Waals surface area (Å²) in [5.74, 6) is -0.825. The zero-order valence-electron chi connectivity index (χ0n) is 8.90. The van der Waals surface area contributed by atoms with Crippen molar-refractivity contribution in [2.24, 2.45) is 5.73 Å². The maximum Gasteiger partial charge on any atom is 0.320 e. The summed E-state index contributed by atoms with van der Waals surface area (Å²) in [7, 11) is 1.77. The first-order valence-corrected chi connectivity index (χ1v) is 4.84. The van der Waals surface area contributed by atoms with E-state index in [-0.39, 0.29) is 0 Å². The van der Waals surface area contributed by atoms with Crippen molar-refractivity contribution in [2.45, 2.75) is 19.4 Å². The maximum atomic E-state index is 10.8. The average molecular weight is 204 g/mol. The fraction of sp³-hybridized carbons (Fsp3) is 0.889. The van der Waals surface area contributed by atoms with Gasteiger partial charge in [-0.15, -0.1) is 0 Å². The zero-order valence-corrected chi connectivity index (χ0v) is 8.90. The third kappa shape index (κ3) is 5.16. The number of likely N-dealkylation sites (N-methyl/N-ethyl adjacent to an activating group) is 1. The maximum absolute atomic E-state index is 10.8. The van der Waals surface area contributed by atoms with Crippen LogP contribution in [0.1, 0.15) is 13.3 Å². The lowest BCUT2D eigenvalue weighted by Gasteiger charge is -2.23. The molecular weight excluding hydrogens is 184 g/mol. The molecule has 5 heteroatoms. The molecule has 0 aliphatic rings. The molecule has 0 aromatic carbocycles. The van der Waals surface area contributed by atoms with Gasteiger partial charge in [0, 0.05) is 13.2 Å². The van der Waals surface area contributed by atoms with E-state index in [0.717, 1.165) is 0 Å². The van der Waals surface area contributed by atoms with Crippen LogP contribution >= 0.6 is 0 Å². The number of aliphatic carboxylic acids is 1. The molecule has 0 aliphatic carbocycles. The number of nitrogens with two attached hydrogens (primary N) is 1. The molecular formula is C9H20N2O3. The summed E-state index contributed by atoms with van der Waals surface area (Å²) in [5.41, 5.74) is 5.34. The number of carbonyl (C=O) groups is 1. The van der Waals surface area contributed by atoms with Crippen LogP contribution in [0, 0.1) is 0 Å². The van der Waals surface area contributed by atoms with Gasteiger partial charge in [0.25, 0.3) is 0 Å². The van der Waals surface area contributed by atoms with Crippen LogP contribution in [0.2, 0.25) is 0 Å². The second-order valence-electron chi connectivity index (χ2n) is 3.11. The van der Waals surface area contributed by atoms with E-state index in [2.05, 4.69) is 0 Å². The van der Waals surface area contributed by atoms with Crippen molar-refractivity contribution in [1.29, 1.82) is 0 Å². The lowest BCUT2D eigenvalue weighted by atomic mass is 10.2. The minimum Gasteiger partial charge on any atom is -0.480 e. The Hall–Kier alpha value is -0.650. The molecule has 0 amide bonds.